The molecule has 140 valence electrons. The average Bonchev–Trinajstić information content (AvgIpc) is 2.63. The smallest absolute Gasteiger partial charge is 0.310 e. The quantitative estimate of drug-likeness (QED) is 0.436. The lowest BCUT2D eigenvalue weighted by atomic mass is 10.2. The number of hydrogen-bond donors (Lipinski definition) is 1. The monoisotopic (exact) mass is 392 g/mol. The van der Waals surface area contributed by atoms with Gasteiger partial charge < -0.3 is 4.74 Å². The average molecular weight is 393 g/mol. The van der Waals surface area contributed by atoms with Crippen LogP contribution in [0.1, 0.15) is 12.5 Å². The fraction of sp³-hybridized carbons (Fsp3) is 0.125. The lowest BCUT2D eigenvalue weighted by Gasteiger charge is -2.12. The summed E-state index contributed by atoms with van der Waals surface area (Å²) in [5.41, 5.74) is 1.98. The molecule has 0 aromatic heterocycles. The molecule has 1 amide bonds. The number of ether oxygens (including phenoxy) is 1. The Bertz CT molecular complexity index is 918. The Morgan fingerprint density at radius 1 is 1.19 bits per heavy atom. The molecule has 11 heteroatoms. The molecular formula is C16H13ClN4O6. The zero-order chi connectivity index (χ0) is 20.0. The zero-order valence-electron chi connectivity index (χ0n) is 13.9. The molecular weight excluding hydrogens is 380 g/mol. The summed E-state index contributed by atoms with van der Waals surface area (Å²) in [6, 6.07) is 9.67. The molecule has 2 aromatic carbocycles. The van der Waals surface area contributed by atoms with Gasteiger partial charge in [-0.05, 0) is 19.1 Å². The number of amides is 1. The normalized spacial score (nSPS) is 11.8. The highest BCUT2D eigenvalue weighted by molar-refractivity contribution is 6.32. The number of carbonyl (C=O) groups excluding carboxylic acids is 1. The maximum absolute atomic E-state index is 12.0. The largest absolute Gasteiger partial charge is 0.474 e. The van der Waals surface area contributed by atoms with Crippen LogP contribution in [0.4, 0.5) is 11.4 Å². The van der Waals surface area contributed by atoms with E-state index < -0.39 is 21.9 Å². The number of carbonyl (C=O) groups is 1. The first-order chi connectivity index (χ1) is 12.8. The zero-order valence-corrected chi connectivity index (χ0v) is 14.6. The molecule has 0 spiro atoms. The summed E-state index contributed by atoms with van der Waals surface area (Å²) in [7, 11) is 0. The van der Waals surface area contributed by atoms with Gasteiger partial charge in [-0.3, -0.25) is 25.0 Å². The lowest BCUT2D eigenvalue weighted by Crippen LogP contribution is -2.33. The minimum atomic E-state index is -1.07. The van der Waals surface area contributed by atoms with Crippen LogP contribution in [-0.4, -0.2) is 28.1 Å². The van der Waals surface area contributed by atoms with Crippen LogP contribution < -0.4 is 10.2 Å². The number of halogens is 1. The minimum absolute atomic E-state index is 0.0207. The van der Waals surface area contributed by atoms with Crippen molar-refractivity contribution in [1.29, 1.82) is 0 Å². The van der Waals surface area contributed by atoms with Crippen molar-refractivity contribution in [3.05, 3.63) is 73.3 Å². The van der Waals surface area contributed by atoms with E-state index in [1.165, 1.54) is 49.5 Å². The molecule has 2 rings (SSSR count). The molecule has 10 nitrogen and oxygen atoms in total. The molecule has 0 saturated heterocycles. The molecule has 0 saturated carbocycles. The summed E-state index contributed by atoms with van der Waals surface area (Å²) in [6.07, 6.45) is 0.127. The predicted octanol–water partition coefficient (Wildman–Crippen LogP) is 3.07. The van der Waals surface area contributed by atoms with E-state index in [0.29, 0.717) is 5.56 Å². The number of benzene rings is 2. The highest BCUT2D eigenvalue weighted by atomic mass is 35.5. The van der Waals surface area contributed by atoms with Crippen molar-refractivity contribution in [3.63, 3.8) is 0 Å². The van der Waals surface area contributed by atoms with Crippen molar-refractivity contribution in [1.82, 2.24) is 5.43 Å². The van der Waals surface area contributed by atoms with Gasteiger partial charge in [0.25, 0.3) is 11.6 Å². The molecule has 0 aliphatic rings. The summed E-state index contributed by atoms with van der Waals surface area (Å²) < 4.78 is 5.30. The fourth-order valence-corrected chi connectivity index (χ4v) is 2.15. The Morgan fingerprint density at radius 3 is 2.52 bits per heavy atom. The molecule has 2 aromatic rings. The van der Waals surface area contributed by atoms with Gasteiger partial charge in [0, 0.05) is 17.7 Å². The van der Waals surface area contributed by atoms with Gasteiger partial charge in [-0.15, -0.1) is 0 Å². The predicted molar refractivity (Wildman–Crippen MR) is 97.0 cm³/mol. The molecule has 1 atom stereocenters. The number of hydrazone groups is 1. The number of para-hydroxylation sites is 2. The third-order valence-corrected chi connectivity index (χ3v) is 3.61. The van der Waals surface area contributed by atoms with Gasteiger partial charge >= 0.3 is 5.69 Å². The van der Waals surface area contributed by atoms with Crippen molar-refractivity contribution < 1.29 is 19.4 Å². The third-order valence-electron chi connectivity index (χ3n) is 3.29. The second-order valence-corrected chi connectivity index (χ2v) is 5.59. The molecule has 27 heavy (non-hydrogen) atoms. The molecule has 0 aliphatic heterocycles. The van der Waals surface area contributed by atoms with Gasteiger partial charge in [0.2, 0.25) is 0 Å². The van der Waals surface area contributed by atoms with Crippen LogP contribution in [-0.2, 0) is 4.79 Å². The highest BCUT2D eigenvalue weighted by Gasteiger charge is 2.20. The van der Waals surface area contributed by atoms with Gasteiger partial charge in [0.1, 0.15) is 5.02 Å². The summed E-state index contributed by atoms with van der Waals surface area (Å²) in [5, 5.41) is 25.4. The molecule has 0 radical (unpaired) electrons. The number of nitrogens with one attached hydrogen (secondary N) is 1. The van der Waals surface area contributed by atoms with Crippen LogP contribution >= 0.6 is 11.6 Å². The van der Waals surface area contributed by atoms with Crippen LogP contribution in [0, 0.1) is 20.2 Å². The molecule has 0 aliphatic carbocycles. The van der Waals surface area contributed by atoms with Gasteiger partial charge in [0.05, 0.1) is 16.1 Å². The van der Waals surface area contributed by atoms with Crippen molar-refractivity contribution in [2.24, 2.45) is 5.10 Å². The topological polar surface area (TPSA) is 137 Å². The van der Waals surface area contributed by atoms with Crippen molar-refractivity contribution in [2.45, 2.75) is 13.0 Å². The molecule has 1 N–H and O–H groups in total. The molecule has 0 bridgehead atoms. The maximum atomic E-state index is 12.0. The van der Waals surface area contributed by atoms with Crippen molar-refractivity contribution >= 4 is 35.1 Å². The van der Waals surface area contributed by atoms with Crippen molar-refractivity contribution in [3.8, 4) is 5.75 Å². The molecule has 0 heterocycles. The Balaban J connectivity index is 2.01. The van der Waals surface area contributed by atoms with E-state index in [-0.39, 0.29) is 22.1 Å². The maximum Gasteiger partial charge on any atom is 0.310 e. The van der Waals surface area contributed by atoms with Crippen LogP contribution in [0.2, 0.25) is 5.02 Å². The van der Waals surface area contributed by atoms with E-state index in [2.05, 4.69) is 10.5 Å². The van der Waals surface area contributed by atoms with Crippen LogP contribution in [0.15, 0.2) is 47.6 Å². The standard InChI is InChI=1S/C16H13ClN4O6/c1-10(27-15-5-3-2-4-13(15)20(23)24)16(22)19-18-9-11-6-7-12(17)14(8-11)21(25)26/h2-10H,1H3,(H,19,22). The minimum Gasteiger partial charge on any atom is -0.474 e. The number of rotatable bonds is 7. The fourth-order valence-electron chi connectivity index (χ4n) is 1.96. The van der Waals surface area contributed by atoms with E-state index in [9.17, 15) is 25.0 Å². The Kier molecular flexibility index (Phi) is 6.39. The second-order valence-electron chi connectivity index (χ2n) is 5.19. The van der Waals surface area contributed by atoms with E-state index in [1.54, 1.807) is 6.07 Å². The second kappa shape index (κ2) is 8.72. The number of nitrogens with zero attached hydrogens (tertiary/aromatic N) is 3. The van der Waals surface area contributed by atoms with Gasteiger partial charge in [-0.25, -0.2) is 5.43 Å². The first kappa shape index (κ1) is 19.8. The summed E-state index contributed by atoms with van der Waals surface area (Å²) >= 11 is 5.71. The first-order valence-corrected chi connectivity index (χ1v) is 7.84. The lowest BCUT2D eigenvalue weighted by molar-refractivity contribution is -0.386. The Morgan fingerprint density at radius 2 is 1.85 bits per heavy atom. The molecule has 1 unspecified atom stereocenters. The van der Waals surface area contributed by atoms with Crippen LogP contribution in [0.5, 0.6) is 5.75 Å². The SMILES string of the molecule is CC(Oc1ccccc1[N+](=O)[O-])C(=O)NN=Cc1ccc(Cl)c([N+](=O)[O-])c1. The Hall–Kier alpha value is -3.53. The number of nitro groups is 2. The van der Waals surface area contributed by atoms with E-state index in [1.807, 2.05) is 0 Å². The number of hydrogen-bond acceptors (Lipinski definition) is 7. The van der Waals surface area contributed by atoms with Gasteiger partial charge in [0.15, 0.2) is 11.9 Å². The highest BCUT2D eigenvalue weighted by Crippen LogP contribution is 2.27. The Labute approximate surface area is 157 Å². The van der Waals surface area contributed by atoms with Gasteiger partial charge in [-0.1, -0.05) is 29.8 Å². The summed E-state index contributed by atoms with van der Waals surface area (Å²) in [6.45, 7) is 1.40. The molecule has 0 fully saturated rings. The summed E-state index contributed by atoms with van der Waals surface area (Å²) in [5.74, 6) is -0.713. The third kappa shape index (κ3) is 5.22. The van der Waals surface area contributed by atoms with E-state index in [0.717, 1.165) is 0 Å². The van der Waals surface area contributed by atoms with Crippen LogP contribution in [0.25, 0.3) is 0 Å². The first-order valence-electron chi connectivity index (χ1n) is 7.46. The summed E-state index contributed by atoms with van der Waals surface area (Å²) in [4.78, 5) is 32.5. The number of nitro benzene ring substituents is 2. The van der Waals surface area contributed by atoms with Gasteiger partial charge in [-0.2, -0.15) is 5.10 Å². The van der Waals surface area contributed by atoms with E-state index in [4.69, 9.17) is 16.3 Å². The van der Waals surface area contributed by atoms with E-state index >= 15 is 0 Å². The van der Waals surface area contributed by atoms with Crippen molar-refractivity contribution in [2.75, 3.05) is 0 Å². The van der Waals surface area contributed by atoms with Crippen LogP contribution in [0.3, 0.4) is 0 Å².